The van der Waals surface area contributed by atoms with Crippen LogP contribution < -0.4 is 9.46 Å². The third-order valence-corrected chi connectivity index (χ3v) is 8.37. The van der Waals surface area contributed by atoms with Gasteiger partial charge in [-0.05, 0) is 53.1 Å². The lowest BCUT2D eigenvalue weighted by atomic mass is 10.1. The zero-order chi connectivity index (χ0) is 25.5. The number of benzene rings is 4. The lowest BCUT2D eigenvalue weighted by Crippen LogP contribution is -2.44. The predicted molar refractivity (Wildman–Crippen MR) is 142 cm³/mol. The number of carbonyl (C=O) groups is 1. The second-order valence-electron chi connectivity index (χ2n) is 7.95. The number of sulfonamides is 1. The van der Waals surface area contributed by atoms with Crippen LogP contribution >= 0.6 is 11.8 Å². The number of ether oxygens (including phenoxy) is 1. The van der Waals surface area contributed by atoms with Crippen molar-refractivity contribution in [1.82, 2.24) is 4.72 Å². The molecule has 0 saturated heterocycles. The standard InChI is InChI=1S/C28H25NO5S2/c1-34-23-16-12-20(13-17-23)21-14-18-25(19-15-21)36(32,33)29-26(28(30)31)27(22-8-4-2-5-9-22)35-24-10-6-3-7-11-24/h2-19,26-27,29H,1H3,(H,30,31)/t26-,27-/m1/s1. The van der Waals surface area contributed by atoms with E-state index in [4.69, 9.17) is 4.74 Å². The van der Waals surface area contributed by atoms with E-state index in [-0.39, 0.29) is 4.90 Å². The van der Waals surface area contributed by atoms with Gasteiger partial charge in [-0.1, -0.05) is 72.8 Å². The monoisotopic (exact) mass is 519 g/mol. The number of aliphatic carboxylic acids is 1. The number of nitrogens with one attached hydrogen (secondary N) is 1. The van der Waals surface area contributed by atoms with Crippen LogP contribution in [0.5, 0.6) is 5.75 Å². The summed E-state index contributed by atoms with van der Waals surface area (Å²) < 4.78 is 34.1. The maximum atomic E-state index is 13.3. The lowest BCUT2D eigenvalue weighted by Gasteiger charge is -2.25. The van der Waals surface area contributed by atoms with Gasteiger partial charge in [-0.15, -0.1) is 11.8 Å². The van der Waals surface area contributed by atoms with Gasteiger partial charge in [0.05, 0.1) is 17.3 Å². The molecule has 0 saturated carbocycles. The molecule has 0 unspecified atom stereocenters. The fourth-order valence-electron chi connectivity index (χ4n) is 3.70. The summed E-state index contributed by atoms with van der Waals surface area (Å²) >= 11 is 1.30. The van der Waals surface area contributed by atoms with Gasteiger partial charge in [0.15, 0.2) is 0 Å². The van der Waals surface area contributed by atoms with E-state index in [9.17, 15) is 18.3 Å². The number of carboxylic acid groups (broad SMARTS) is 1. The van der Waals surface area contributed by atoms with E-state index >= 15 is 0 Å². The highest BCUT2D eigenvalue weighted by Crippen LogP contribution is 2.38. The van der Waals surface area contributed by atoms with Gasteiger partial charge in [0.25, 0.3) is 0 Å². The molecular formula is C28H25NO5S2. The number of carboxylic acids is 1. The molecule has 2 N–H and O–H groups in total. The topological polar surface area (TPSA) is 92.7 Å². The molecule has 0 aliphatic carbocycles. The Labute approximate surface area is 215 Å². The largest absolute Gasteiger partial charge is 0.497 e. The van der Waals surface area contributed by atoms with Crippen LogP contribution in [0.15, 0.2) is 119 Å². The third kappa shape index (κ3) is 6.15. The van der Waals surface area contributed by atoms with Crippen LogP contribution in [0, 0.1) is 0 Å². The van der Waals surface area contributed by atoms with Crippen LogP contribution in [0.25, 0.3) is 11.1 Å². The Morgan fingerprint density at radius 1 is 0.806 bits per heavy atom. The van der Waals surface area contributed by atoms with E-state index in [1.54, 1.807) is 43.5 Å². The highest BCUT2D eigenvalue weighted by Gasteiger charge is 2.34. The fourth-order valence-corrected chi connectivity index (χ4v) is 6.21. The summed E-state index contributed by atoms with van der Waals surface area (Å²) in [5.41, 5.74) is 2.43. The van der Waals surface area contributed by atoms with E-state index < -0.39 is 27.3 Å². The van der Waals surface area contributed by atoms with Gasteiger partial charge >= 0.3 is 5.97 Å². The van der Waals surface area contributed by atoms with Crippen molar-refractivity contribution in [2.75, 3.05) is 7.11 Å². The molecule has 4 aromatic rings. The summed E-state index contributed by atoms with van der Waals surface area (Å²) in [6.07, 6.45) is 0. The molecule has 0 fully saturated rings. The molecule has 36 heavy (non-hydrogen) atoms. The van der Waals surface area contributed by atoms with E-state index in [1.807, 2.05) is 60.7 Å². The van der Waals surface area contributed by atoms with Gasteiger partial charge in [-0.3, -0.25) is 4.79 Å². The molecule has 0 bridgehead atoms. The summed E-state index contributed by atoms with van der Waals surface area (Å²) in [6.45, 7) is 0. The van der Waals surface area contributed by atoms with Gasteiger partial charge in [0.1, 0.15) is 11.8 Å². The molecule has 0 heterocycles. The molecule has 6 nitrogen and oxygen atoms in total. The molecule has 0 aliphatic heterocycles. The van der Waals surface area contributed by atoms with Crippen LogP contribution in [0.4, 0.5) is 0 Å². The minimum Gasteiger partial charge on any atom is -0.497 e. The maximum absolute atomic E-state index is 13.3. The maximum Gasteiger partial charge on any atom is 0.323 e. The minimum atomic E-state index is -4.12. The molecule has 0 spiro atoms. The zero-order valence-corrected chi connectivity index (χ0v) is 21.1. The first-order valence-corrected chi connectivity index (χ1v) is 13.5. The molecule has 4 rings (SSSR count). The minimum absolute atomic E-state index is 0.0115. The highest BCUT2D eigenvalue weighted by molar-refractivity contribution is 7.99. The van der Waals surface area contributed by atoms with Crippen molar-refractivity contribution in [2.24, 2.45) is 0 Å². The van der Waals surface area contributed by atoms with Crippen molar-refractivity contribution in [3.8, 4) is 16.9 Å². The average molecular weight is 520 g/mol. The quantitative estimate of drug-likeness (QED) is 0.264. The van der Waals surface area contributed by atoms with E-state index in [1.165, 1.54) is 23.9 Å². The molecule has 184 valence electrons. The number of hydrogen-bond acceptors (Lipinski definition) is 5. The van der Waals surface area contributed by atoms with Crippen LogP contribution in [0.2, 0.25) is 0 Å². The Balaban J connectivity index is 1.61. The number of thioether (sulfide) groups is 1. The van der Waals surface area contributed by atoms with E-state index in [2.05, 4.69) is 4.72 Å². The Kier molecular flexibility index (Phi) is 8.10. The van der Waals surface area contributed by atoms with E-state index in [0.717, 1.165) is 21.8 Å². The van der Waals surface area contributed by atoms with Crippen molar-refractivity contribution in [2.45, 2.75) is 21.1 Å². The normalized spacial score (nSPS) is 13.0. The predicted octanol–water partition coefficient (Wildman–Crippen LogP) is 5.63. The fraction of sp³-hybridized carbons (Fsp3) is 0.107. The van der Waals surface area contributed by atoms with Gasteiger partial charge < -0.3 is 9.84 Å². The number of rotatable bonds is 10. The van der Waals surface area contributed by atoms with Crippen molar-refractivity contribution in [1.29, 1.82) is 0 Å². The molecule has 2 atom stereocenters. The smallest absolute Gasteiger partial charge is 0.323 e. The Morgan fingerprint density at radius 2 is 1.33 bits per heavy atom. The van der Waals surface area contributed by atoms with Crippen LogP contribution in [-0.4, -0.2) is 32.6 Å². The molecule has 0 radical (unpaired) electrons. The summed E-state index contributed by atoms with van der Waals surface area (Å²) in [7, 11) is -2.53. The summed E-state index contributed by atoms with van der Waals surface area (Å²) in [5, 5.41) is 9.38. The zero-order valence-electron chi connectivity index (χ0n) is 19.4. The molecule has 4 aromatic carbocycles. The Hall–Kier alpha value is -3.59. The van der Waals surface area contributed by atoms with Crippen LogP contribution in [0.1, 0.15) is 10.8 Å². The van der Waals surface area contributed by atoms with Crippen LogP contribution in [0.3, 0.4) is 0 Å². The van der Waals surface area contributed by atoms with Crippen molar-refractivity contribution in [3.05, 3.63) is 115 Å². The Morgan fingerprint density at radius 3 is 1.86 bits per heavy atom. The molecular weight excluding hydrogens is 494 g/mol. The SMILES string of the molecule is COc1ccc(-c2ccc(S(=O)(=O)N[C@@H](C(=O)O)[C@H](Sc3ccccc3)c3ccccc3)cc2)cc1. The van der Waals surface area contributed by atoms with Crippen molar-refractivity contribution < 1.29 is 23.1 Å². The lowest BCUT2D eigenvalue weighted by molar-refractivity contribution is -0.139. The summed E-state index contributed by atoms with van der Waals surface area (Å²) in [5.74, 6) is -0.533. The second-order valence-corrected chi connectivity index (χ2v) is 10.9. The third-order valence-electron chi connectivity index (χ3n) is 5.57. The molecule has 0 aliphatic rings. The highest BCUT2D eigenvalue weighted by atomic mass is 32.2. The van der Waals surface area contributed by atoms with Crippen LogP contribution in [-0.2, 0) is 14.8 Å². The van der Waals surface area contributed by atoms with E-state index in [0.29, 0.717) is 5.56 Å². The van der Waals surface area contributed by atoms with Crippen molar-refractivity contribution in [3.63, 3.8) is 0 Å². The van der Waals surface area contributed by atoms with Gasteiger partial charge in [0, 0.05) is 4.90 Å². The van der Waals surface area contributed by atoms with Gasteiger partial charge in [0.2, 0.25) is 10.0 Å². The Bertz CT molecular complexity index is 1390. The summed E-state index contributed by atoms with van der Waals surface area (Å²) in [4.78, 5) is 13.2. The molecule has 8 heteroatoms. The molecule has 0 amide bonds. The van der Waals surface area contributed by atoms with Crippen molar-refractivity contribution >= 4 is 27.8 Å². The number of hydrogen-bond donors (Lipinski definition) is 2. The second kappa shape index (κ2) is 11.4. The van der Waals surface area contributed by atoms with Gasteiger partial charge in [-0.25, -0.2) is 8.42 Å². The first-order valence-electron chi connectivity index (χ1n) is 11.1. The first-order chi connectivity index (χ1) is 17.4. The van der Waals surface area contributed by atoms with Gasteiger partial charge in [-0.2, -0.15) is 4.72 Å². The summed E-state index contributed by atoms with van der Waals surface area (Å²) in [6, 6.07) is 30.7. The molecule has 0 aromatic heterocycles. The average Bonchev–Trinajstić information content (AvgIpc) is 2.92. The first kappa shape index (κ1) is 25.5. The number of methoxy groups -OCH3 is 1.